The Bertz CT molecular complexity index is 1410. The van der Waals surface area contributed by atoms with Gasteiger partial charge in [-0.2, -0.15) is 18.4 Å². The fourth-order valence-corrected chi connectivity index (χ4v) is 3.42. The monoisotopic (exact) mass is 527 g/mol. The molecule has 0 aliphatic rings. The maximum absolute atomic E-state index is 13.0. The van der Waals surface area contributed by atoms with E-state index in [1.165, 1.54) is 30.3 Å². The van der Waals surface area contributed by atoms with Crippen LogP contribution >= 0.6 is 11.6 Å². The lowest BCUT2D eigenvalue weighted by atomic mass is 10.1. The van der Waals surface area contributed by atoms with Gasteiger partial charge in [-0.15, -0.1) is 0 Å². The van der Waals surface area contributed by atoms with E-state index in [1.807, 2.05) is 32.0 Å². The normalized spacial score (nSPS) is 11.4. The zero-order valence-electron chi connectivity index (χ0n) is 19.7. The van der Waals surface area contributed by atoms with E-state index in [1.54, 1.807) is 6.07 Å². The number of anilines is 2. The van der Waals surface area contributed by atoms with Crippen molar-refractivity contribution in [1.29, 1.82) is 5.26 Å². The van der Waals surface area contributed by atoms with Crippen LogP contribution in [0.15, 0.2) is 66.2 Å². The quantitative estimate of drug-likeness (QED) is 0.269. The Morgan fingerprint density at radius 3 is 2.51 bits per heavy atom. The molecule has 2 amide bonds. The highest BCUT2D eigenvalue weighted by Gasteiger charge is 2.30. The van der Waals surface area contributed by atoms with Gasteiger partial charge in [-0.1, -0.05) is 29.8 Å². The van der Waals surface area contributed by atoms with Crippen LogP contribution in [0.25, 0.3) is 6.08 Å². The first-order chi connectivity index (χ1) is 17.5. The number of hydrogen-bond donors (Lipinski definition) is 2. The highest BCUT2D eigenvalue weighted by Crippen LogP contribution is 2.31. The summed E-state index contributed by atoms with van der Waals surface area (Å²) in [7, 11) is 0. The van der Waals surface area contributed by atoms with Gasteiger partial charge in [-0.25, -0.2) is 0 Å². The first kappa shape index (κ1) is 27.3. The standard InChI is InChI=1S/C27H21ClF3N3O3/c1-16-6-7-17(2)23(10-16)34-25(35)15-37-24-9-8-21(28)12-18(24)11-19(14-32)26(36)33-22-5-3-4-20(13-22)27(29,30)31/h3-13H,15H2,1-2H3,(H,33,36)(H,34,35)/b19-11+. The Labute approximate surface area is 216 Å². The number of carbonyl (C=O) groups excluding carboxylic acids is 2. The topological polar surface area (TPSA) is 91.2 Å². The summed E-state index contributed by atoms with van der Waals surface area (Å²) in [6.07, 6.45) is -3.42. The number of carbonyl (C=O) groups is 2. The van der Waals surface area contributed by atoms with Crippen LogP contribution in [-0.2, 0) is 15.8 Å². The molecule has 0 aromatic heterocycles. The van der Waals surface area contributed by atoms with Crippen LogP contribution in [0.4, 0.5) is 24.5 Å². The summed E-state index contributed by atoms with van der Waals surface area (Å²) >= 11 is 6.06. The van der Waals surface area contributed by atoms with E-state index in [-0.39, 0.29) is 28.6 Å². The third-order valence-electron chi connectivity index (χ3n) is 5.11. The van der Waals surface area contributed by atoms with Crippen LogP contribution in [0, 0.1) is 25.2 Å². The van der Waals surface area contributed by atoms with Crippen molar-refractivity contribution < 1.29 is 27.5 Å². The lowest BCUT2D eigenvalue weighted by molar-refractivity contribution is -0.137. The first-order valence-corrected chi connectivity index (χ1v) is 11.2. The van der Waals surface area contributed by atoms with Crippen molar-refractivity contribution in [3.05, 3.63) is 93.5 Å². The van der Waals surface area contributed by atoms with E-state index in [0.717, 1.165) is 29.3 Å². The number of alkyl halides is 3. The van der Waals surface area contributed by atoms with Crippen LogP contribution in [0.1, 0.15) is 22.3 Å². The number of hydrogen-bond acceptors (Lipinski definition) is 4. The molecule has 0 aliphatic heterocycles. The molecule has 0 fully saturated rings. The molecule has 37 heavy (non-hydrogen) atoms. The van der Waals surface area contributed by atoms with Crippen LogP contribution in [0.2, 0.25) is 5.02 Å². The smallest absolute Gasteiger partial charge is 0.416 e. The third-order valence-corrected chi connectivity index (χ3v) is 5.35. The second-order valence-corrected chi connectivity index (χ2v) is 8.48. The van der Waals surface area contributed by atoms with Gasteiger partial charge in [0.05, 0.1) is 5.56 Å². The molecule has 0 heterocycles. The van der Waals surface area contributed by atoms with Gasteiger partial charge in [-0.05, 0) is 73.5 Å². The minimum Gasteiger partial charge on any atom is -0.483 e. The van der Waals surface area contributed by atoms with Gasteiger partial charge < -0.3 is 15.4 Å². The van der Waals surface area contributed by atoms with Gasteiger partial charge >= 0.3 is 6.18 Å². The Kier molecular flexibility index (Phi) is 8.58. The van der Waals surface area contributed by atoms with Crippen molar-refractivity contribution in [2.75, 3.05) is 17.2 Å². The molecule has 0 saturated carbocycles. The molecule has 190 valence electrons. The Balaban J connectivity index is 1.77. The fourth-order valence-electron chi connectivity index (χ4n) is 3.24. The number of rotatable bonds is 7. The molecule has 3 aromatic carbocycles. The number of nitriles is 1. The number of ether oxygens (including phenoxy) is 1. The summed E-state index contributed by atoms with van der Waals surface area (Å²) in [6, 6.07) is 15.8. The van der Waals surface area contributed by atoms with Crippen molar-refractivity contribution in [2.45, 2.75) is 20.0 Å². The summed E-state index contributed by atoms with van der Waals surface area (Å²) in [4.78, 5) is 25.1. The Hall–Kier alpha value is -4.29. The molecule has 3 aromatic rings. The van der Waals surface area contributed by atoms with E-state index in [0.29, 0.717) is 5.69 Å². The number of benzene rings is 3. The van der Waals surface area contributed by atoms with Gasteiger partial charge in [0.15, 0.2) is 6.61 Å². The molecule has 0 radical (unpaired) electrons. The lowest BCUT2D eigenvalue weighted by Gasteiger charge is -2.12. The fraction of sp³-hybridized carbons (Fsp3) is 0.148. The van der Waals surface area contributed by atoms with Gasteiger partial charge in [-0.3, -0.25) is 9.59 Å². The van der Waals surface area contributed by atoms with Crippen molar-refractivity contribution in [1.82, 2.24) is 0 Å². The van der Waals surface area contributed by atoms with Crippen LogP contribution in [-0.4, -0.2) is 18.4 Å². The van der Waals surface area contributed by atoms with Crippen LogP contribution in [0.3, 0.4) is 0 Å². The maximum atomic E-state index is 13.0. The van der Waals surface area contributed by atoms with E-state index < -0.39 is 29.1 Å². The first-order valence-electron chi connectivity index (χ1n) is 10.9. The second-order valence-electron chi connectivity index (χ2n) is 8.04. The van der Waals surface area contributed by atoms with E-state index >= 15 is 0 Å². The molecular weight excluding hydrogens is 507 g/mol. The Morgan fingerprint density at radius 1 is 1.05 bits per heavy atom. The SMILES string of the molecule is Cc1ccc(C)c(NC(=O)COc2ccc(Cl)cc2/C=C(\C#N)C(=O)Nc2cccc(C(F)(F)F)c2)c1. The predicted molar refractivity (Wildman–Crippen MR) is 135 cm³/mol. The van der Waals surface area contributed by atoms with Crippen molar-refractivity contribution in [3.8, 4) is 11.8 Å². The number of amides is 2. The summed E-state index contributed by atoms with van der Waals surface area (Å²) in [6.45, 7) is 3.38. The summed E-state index contributed by atoms with van der Waals surface area (Å²) < 4.78 is 44.5. The average molecular weight is 528 g/mol. The largest absolute Gasteiger partial charge is 0.483 e. The van der Waals surface area contributed by atoms with Crippen molar-refractivity contribution in [2.24, 2.45) is 0 Å². The molecule has 6 nitrogen and oxygen atoms in total. The molecule has 10 heteroatoms. The van der Waals surface area contributed by atoms with Crippen molar-refractivity contribution in [3.63, 3.8) is 0 Å². The molecule has 0 aliphatic carbocycles. The zero-order chi connectivity index (χ0) is 27.2. The van der Waals surface area contributed by atoms with E-state index in [9.17, 15) is 28.0 Å². The van der Waals surface area contributed by atoms with Crippen molar-refractivity contribution >= 4 is 40.9 Å². The maximum Gasteiger partial charge on any atom is 0.416 e. The zero-order valence-corrected chi connectivity index (χ0v) is 20.5. The van der Waals surface area contributed by atoms with Gasteiger partial charge in [0.25, 0.3) is 11.8 Å². The lowest BCUT2D eigenvalue weighted by Crippen LogP contribution is -2.21. The molecule has 0 unspecified atom stereocenters. The highest BCUT2D eigenvalue weighted by atomic mass is 35.5. The summed E-state index contributed by atoms with van der Waals surface area (Å²) in [5.74, 6) is -1.19. The molecule has 2 N–H and O–H groups in total. The molecule has 0 spiro atoms. The second kappa shape index (κ2) is 11.6. The highest BCUT2D eigenvalue weighted by molar-refractivity contribution is 6.30. The average Bonchev–Trinajstić information content (AvgIpc) is 2.83. The molecule has 0 atom stereocenters. The molecular formula is C27H21ClF3N3O3. The number of aryl methyl sites for hydroxylation is 2. The van der Waals surface area contributed by atoms with E-state index in [2.05, 4.69) is 10.6 Å². The van der Waals surface area contributed by atoms with Gasteiger partial charge in [0, 0.05) is 22.0 Å². The summed E-state index contributed by atoms with van der Waals surface area (Å²) in [5, 5.41) is 14.8. The van der Waals surface area contributed by atoms with E-state index in [4.69, 9.17) is 16.3 Å². The van der Waals surface area contributed by atoms with Gasteiger partial charge in [0.2, 0.25) is 0 Å². The molecule has 3 rings (SSSR count). The minimum atomic E-state index is -4.59. The predicted octanol–water partition coefficient (Wildman–Crippen LogP) is 6.54. The summed E-state index contributed by atoms with van der Waals surface area (Å²) in [5.41, 5.74) is 1.22. The molecule has 0 bridgehead atoms. The van der Waals surface area contributed by atoms with Gasteiger partial charge in [0.1, 0.15) is 17.4 Å². The third kappa shape index (κ3) is 7.59. The Morgan fingerprint density at radius 2 is 1.81 bits per heavy atom. The number of nitrogens with zero attached hydrogens (tertiary/aromatic N) is 1. The molecule has 0 saturated heterocycles. The number of nitrogens with one attached hydrogen (secondary N) is 2. The minimum absolute atomic E-state index is 0.133. The number of halogens is 4. The van der Waals surface area contributed by atoms with Crippen LogP contribution in [0.5, 0.6) is 5.75 Å². The van der Waals surface area contributed by atoms with Crippen LogP contribution < -0.4 is 15.4 Å².